The second-order valence-corrected chi connectivity index (χ2v) is 8.26. The lowest BCUT2D eigenvalue weighted by Gasteiger charge is -2.19. The maximum absolute atomic E-state index is 12.9. The number of alkyl halides is 3. The van der Waals surface area contributed by atoms with E-state index in [2.05, 4.69) is 15.0 Å². The largest absolute Gasteiger partial charge is 0.416 e. The van der Waals surface area contributed by atoms with Gasteiger partial charge in [0.2, 0.25) is 5.91 Å². The van der Waals surface area contributed by atoms with Crippen molar-refractivity contribution in [3.63, 3.8) is 0 Å². The molecule has 1 heterocycles. The minimum absolute atomic E-state index is 0.0820. The molecule has 0 bridgehead atoms. The van der Waals surface area contributed by atoms with Crippen LogP contribution in [0, 0.1) is 0 Å². The van der Waals surface area contributed by atoms with Crippen LogP contribution in [0.1, 0.15) is 24.0 Å². The number of anilines is 1. The van der Waals surface area contributed by atoms with Crippen LogP contribution < -0.4 is 10.6 Å². The molecule has 6 nitrogen and oxygen atoms in total. The summed E-state index contributed by atoms with van der Waals surface area (Å²) in [4.78, 5) is 11.7. The molecular formula is C18H15ClF3N3O3S. The van der Waals surface area contributed by atoms with Crippen LogP contribution in [0.4, 0.5) is 18.9 Å². The number of nitrogens with one attached hydrogen (secondary N) is 2. The summed E-state index contributed by atoms with van der Waals surface area (Å²) < 4.78 is 66.6. The van der Waals surface area contributed by atoms with E-state index in [0.717, 1.165) is 11.6 Å². The zero-order chi connectivity index (χ0) is 21.2. The number of fused-ring (bicyclic) bond motifs is 1. The molecule has 0 saturated heterocycles. The minimum Gasteiger partial charge on any atom is -0.352 e. The number of halogens is 4. The summed E-state index contributed by atoms with van der Waals surface area (Å²) in [5, 5.41) is 5.81. The minimum atomic E-state index is -4.61. The van der Waals surface area contributed by atoms with Crippen molar-refractivity contribution in [1.82, 2.24) is 5.32 Å². The Hall–Kier alpha value is -2.59. The van der Waals surface area contributed by atoms with Crippen LogP contribution in [0.5, 0.6) is 0 Å². The molecule has 0 fully saturated rings. The number of hydrogen-bond acceptors (Lipinski definition) is 4. The number of nitrogens with zero attached hydrogens (tertiary/aromatic N) is 1. The molecule has 0 atom stereocenters. The Kier molecular flexibility index (Phi) is 5.85. The van der Waals surface area contributed by atoms with Gasteiger partial charge in [0, 0.05) is 24.4 Å². The number of carbonyl (C=O) groups is 1. The molecule has 0 saturated carbocycles. The molecule has 1 aliphatic heterocycles. The molecule has 0 aliphatic carbocycles. The Balaban J connectivity index is 1.64. The van der Waals surface area contributed by atoms with E-state index in [9.17, 15) is 26.4 Å². The van der Waals surface area contributed by atoms with Gasteiger partial charge in [0.25, 0.3) is 10.0 Å². The van der Waals surface area contributed by atoms with Crippen LogP contribution in [0.2, 0.25) is 5.02 Å². The molecule has 2 N–H and O–H groups in total. The SMILES string of the molecule is O=C(CCC1=NS(=O)(=O)c2ccc(C(F)(F)F)cc2N1)NCc1ccc(Cl)cc1. The Morgan fingerprint density at radius 3 is 2.48 bits per heavy atom. The first-order valence-electron chi connectivity index (χ1n) is 8.38. The summed E-state index contributed by atoms with van der Waals surface area (Å²) >= 11 is 5.78. The van der Waals surface area contributed by atoms with Crippen molar-refractivity contribution in [2.45, 2.75) is 30.5 Å². The van der Waals surface area contributed by atoms with Gasteiger partial charge in [0.1, 0.15) is 10.7 Å². The number of amides is 1. The molecule has 11 heteroatoms. The fourth-order valence-corrected chi connectivity index (χ4v) is 3.91. The Bertz CT molecular complexity index is 1070. The molecule has 29 heavy (non-hydrogen) atoms. The normalized spacial score (nSPS) is 15.1. The first-order valence-corrected chi connectivity index (χ1v) is 10.2. The van der Waals surface area contributed by atoms with Crippen molar-refractivity contribution in [2.75, 3.05) is 5.32 Å². The van der Waals surface area contributed by atoms with E-state index in [0.29, 0.717) is 17.2 Å². The molecule has 0 spiro atoms. The highest BCUT2D eigenvalue weighted by Crippen LogP contribution is 2.35. The Labute approximate surface area is 169 Å². The summed E-state index contributed by atoms with van der Waals surface area (Å²) in [6.07, 6.45) is -4.79. The van der Waals surface area contributed by atoms with Crippen molar-refractivity contribution >= 4 is 39.1 Å². The molecule has 0 unspecified atom stereocenters. The highest BCUT2D eigenvalue weighted by molar-refractivity contribution is 7.90. The zero-order valence-electron chi connectivity index (χ0n) is 14.8. The van der Waals surface area contributed by atoms with Crippen LogP contribution in [0.3, 0.4) is 0 Å². The second kappa shape index (κ2) is 8.03. The molecule has 1 amide bonds. The van der Waals surface area contributed by atoms with Gasteiger partial charge < -0.3 is 10.6 Å². The quantitative estimate of drug-likeness (QED) is 0.729. The monoisotopic (exact) mass is 445 g/mol. The van der Waals surface area contributed by atoms with Crippen LogP contribution in [0.15, 0.2) is 51.8 Å². The van der Waals surface area contributed by atoms with Crippen molar-refractivity contribution in [3.05, 3.63) is 58.6 Å². The first-order chi connectivity index (χ1) is 13.5. The number of hydrogen-bond donors (Lipinski definition) is 2. The van der Waals surface area contributed by atoms with E-state index in [4.69, 9.17) is 11.6 Å². The van der Waals surface area contributed by atoms with Gasteiger partial charge in [0.15, 0.2) is 0 Å². The third kappa shape index (κ3) is 5.27. The molecule has 1 aliphatic rings. The van der Waals surface area contributed by atoms with Gasteiger partial charge in [-0.15, -0.1) is 4.40 Å². The summed E-state index contributed by atoms with van der Waals surface area (Å²) in [7, 11) is -4.15. The van der Waals surface area contributed by atoms with E-state index in [1.54, 1.807) is 24.3 Å². The highest BCUT2D eigenvalue weighted by atomic mass is 35.5. The average molecular weight is 446 g/mol. The molecular weight excluding hydrogens is 431 g/mol. The highest BCUT2D eigenvalue weighted by Gasteiger charge is 2.33. The zero-order valence-corrected chi connectivity index (χ0v) is 16.3. The summed E-state index contributed by atoms with van der Waals surface area (Å²) in [6.45, 7) is 0.256. The van der Waals surface area contributed by atoms with E-state index in [1.165, 1.54) is 0 Å². The summed E-state index contributed by atoms with van der Waals surface area (Å²) in [5.74, 6) is -0.463. The third-order valence-electron chi connectivity index (χ3n) is 4.09. The third-order valence-corrected chi connectivity index (χ3v) is 5.71. The molecule has 0 aromatic heterocycles. The summed E-state index contributed by atoms with van der Waals surface area (Å²) in [5.41, 5.74) is -0.376. The number of amidine groups is 1. The maximum atomic E-state index is 12.9. The van der Waals surface area contributed by atoms with Gasteiger partial charge in [-0.1, -0.05) is 23.7 Å². The topological polar surface area (TPSA) is 87.6 Å². The van der Waals surface area contributed by atoms with Crippen molar-refractivity contribution in [3.8, 4) is 0 Å². The van der Waals surface area contributed by atoms with E-state index in [-0.39, 0.29) is 41.7 Å². The van der Waals surface area contributed by atoms with E-state index in [1.807, 2.05) is 0 Å². The van der Waals surface area contributed by atoms with Crippen LogP contribution in [0.25, 0.3) is 0 Å². The summed E-state index contributed by atoms with van der Waals surface area (Å²) in [6, 6.07) is 9.11. The molecule has 2 aromatic rings. The fourth-order valence-electron chi connectivity index (χ4n) is 2.63. The average Bonchev–Trinajstić information content (AvgIpc) is 2.64. The van der Waals surface area contributed by atoms with Crippen LogP contribution in [-0.2, 0) is 27.5 Å². The van der Waals surface area contributed by atoms with Gasteiger partial charge in [-0.25, -0.2) is 0 Å². The lowest BCUT2D eigenvalue weighted by Crippen LogP contribution is -2.26. The lowest BCUT2D eigenvalue weighted by molar-refractivity contribution is -0.137. The Morgan fingerprint density at radius 2 is 1.83 bits per heavy atom. The van der Waals surface area contributed by atoms with Crippen LogP contribution >= 0.6 is 11.6 Å². The first kappa shape index (κ1) is 21.1. The second-order valence-electron chi connectivity index (χ2n) is 6.25. The lowest BCUT2D eigenvalue weighted by atomic mass is 10.2. The number of rotatable bonds is 5. The van der Waals surface area contributed by atoms with Gasteiger partial charge in [-0.3, -0.25) is 4.79 Å². The van der Waals surface area contributed by atoms with Gasteiger partial charge in [-0.2, -0.15) is 21.6 Å². The predicted molar refractivity (Wildman–Crippen MR) is 102 cm³/mol. The predicted octanol–water partition coefficient (Wildman–Crippen LogP) is 3.97. The van der Waals surface area contributed by atoms with E-state index >= 15 is 0 Å². The molecule has 154 valence electrons. The number of carbonyl (C=O) groups excluding carboxylic acids is 1. The van der Waals surface area contributed by atoms with Crippen molar-refractivity contribution in [2.24, 2.45) is 4.40 Å². The maximum Gasteiger partial charge on any atom is 0.416 e. The fraction of sp³-hybridized carbons (Fsp3) is 0.222. The standard InChI is InChI=1S/C18H15ClF3N3O3S/c19-13-4-1-11(2-5-13)10-23-17(26)8-7-16-24-14-9-12(18(20,21)22)3-6-15(14)29(27,28)25-16/h1-6,9H,7-8,10H2,(H,23,26)(H,24,25). The van der Waals surface area contributed by atoms with Gasteiger partial charge in [-0.05, 0) is 35.9 Å². The molecule has 0 radical (unpaired) electrons. The van der Waals surface area contributed by atoms with Gasteiger partial charge in [0.05, 0.1) is 11.3 Å². The van der Waals surface area contributed by atoms with Crippen molar-refractivity contribution < 1.29 is 26.4 Å². The van der Waals surface area contributed by atoms with E-state index < -0.39 is 21.8 Å². The smallest absolute Gasteiger partial charge is 0.352 e. The van der Waals surface area contributed by atoms with Crippen molar-refractivity contribution in [1.29, 1.82) is 0 Å². The number of sulfonamides is 1. The number of benzene rings is 2. The molecule has 3 rings (SSSR count). The Morgan fingerprint density at radius 1 is 1.14 bits per heavy atom. The van der Waals surface area contributed by atoms with Crippen LogP contribution in [-0.4, -0.2) is 20.2 Å². The van der Waals surface area contributed by atoms with Gasteiger partial charge >= 0.3 is 6.18 Å². The molecule has 2 aromatic carbocycles.